The molecule has 3 rings (SSSR count). The van der Waals surface area contributed by atoms with Gasteiger partial charge in [0.25, 0.3) is 0 Å². The minimum absolute atomic E-state index is 0.0975. The second-order valence-electron chi connectivity index (χ2n) is 7.48. The number of esters is 1. The van der Waals surface area contributed by atoms with Gasteiger partial charge in [0.05, 0.1) is 23.8 Å². The molecule has 1 aliphatic rings. The molecule has 1 aliphatic heterocycles. The van der Waals surface area contributed by atoms with E-state index >= 15 is 0 Å². The van der Waals surface area contributed by atoms with Crippen molar-refractivity contribution in [2.24, 2.45) is 5.92 Å². The summed E-state index contributed by atoms with van der Waals surface area (Å²) in [5.41, 5.74) is 1.38. The zero-order valence-electron chi connectivity index (χ0n) is 17.5. The Morgan fingerprint density at radius 2 is 1.88 bits per heavy atom. The highest BCUT2D eigenvalue weighted by Gasteiger charge is 2.32. The van der Waals surface area contributed by atoms with Crippen LogP contribution in [-0.4, -0.2) is 44.3 Å². The first kappa shape index (κ1) is 24.5. The highest BCUT2D eigenvalue weighted by atomic mass is 35.5. The Bertz CT molecular complexity index is 1090. The van der Waals surface area contributed by atoms with Gasteiger partial charge in [-0.1, -0.05) is 29.3 Å². The molecule has 0 aliphatic carbocycles. The summed E-state index contributed by atoms with van der Waals surface area (Å²) < 4.78 is 32.1. The van der Waals surface area contributed by atoms with Gasteiger partial charge in [-0.15, -0.1) is 0 Å². The normalized spacial score (nSPS) is 17.0. The van der Waals surface area contributed by atoms with Gasteiger partial charge in [0.1, 0.15) is 0 Å². The van der Waals surface area contributed by atoms with Gasteiger partial charge in [-0.05, 0) is 61.7 Å². The van der Waals surface area contributed by atoms with E-state index in [1.54, 1.807) is 43.3 Å². The van der Waals surface area contributed by atoms with Crippen molar-refractivity contribution in [2.45, 2.75) is 25.5 Å². The van der Waals surface area contributed by atoms with Crippen LogP contribution in [0.3, 0.4) is 0 Å². The SMILES string of the molecule is CCOC(=O)c1ccc(NC(=O)C2CCCN(S(=O)(=O)Cc3ccc(Cl)cc3Cl)C2)cc1. The molecule has 10 heteroatoms. The van der Waals surface area contributed by atoms with Crippen molar-refractivity contribution in [3.63, 3.8) is 0 Å². The molecular weight excluding hydrogens is 475 g/mol. The number of piperidine rings is 1. The second kappa shape index (κ2) is 10.7. The molecule has 0 aromatic heterocycles. The zero-order valence-corrected chi connectivity index (χ0v) is 19.8. The zero-order chi connectivity index (χ0) is 23.3. The maximum atomic E-state index is 12.9. The molecule has 0 radical (unpaired) electrons. The molecule has 0 saturated carbocycles. The lowest BCUT2D eigenvalue weighted by atomic mass is 9.98. The number of hydrogen-bond acceptors (Lipinski definition) is 5. The van der Waals surface area contributed by atoms with Gasteiger partial charge in [-0.3, -0.25) is 4.79 Å². The van der Waals surface area contributed by atoms with Crippen LogP contribution in [0.25, 0.3) is 0 Å². The van der Waals surface area contributed by atoms with E-state index in [0.29, 0.717) is 46.2 Å². The fraction of sp³-hybridized carbons (Fsp3) is 0.364. The molecule has 1 atom stereocenters. The van der Waals surface area contributed by atoms with Crippen LogP contribution in [0.2, 0.25) is 10.0 Å². The molecule has 0 bridgehead atoms. The van der Waals surface area contributed by atoms with Crippen molar-refractivity contribution in [1.29, 1.82) is 0 Å². The average Bonchev–Trinajstić information content (AvgIpc) is 2.76. The predicted molar refractivity (Wildman–Crippen MR) is 124 cm³/mol. The topological polar surface area (TPSA) is 92.8 Å². The van der Waals surface area contributed by atoms with Crippen molar-refractivity contribution in [1.82, 2.24) is 4.31 Å². The highest BCUT2D eigenvalue weighted by molar-refractivity contribution is 7.88. The molecule has 2 aromatic carbocycles. The Hall–Kier alpha value is -2.13. The first-order chi connectivity index (χ1) is 15.2. The lowest BCUT2D eigenvalue weighted by Crippen LogP contribution is -2.44. The quantitative estimate of drug-likeness (QED) is 0.572. The van der Waals surface area contributed by atoms with E-state index in [1.807, 2.05) is 0 Å². The molecule has 2 aromatic rings. The first-order valence-electron chi connectivity index (χ1n) is 10.2. The van der Waals surface area contributed by atoms with Crippen LogP contribution >= 0.6 is 23.2 Å². The van der Waals surface area contributed by atoms with Gasteiger partial charge in [0, 0.05) is 28.8 Å². The number of sulfonamides is 1. The number of benzene rings is 2. The summed E-state index contributed by atoms with van der Waals surface area (Å²) in [6.45, 7) is 2.46. The highest BCUT2D eigenvalue weighted by Crippen LogP contribution is 2.27. The number of hydrogen-bond donors (Lipinski definition) is 1. The standard InChI is InChI=1S/C22H24Cl2N2O5S/c1-2-31-22(28)15-6-9-19(10-7-15)25-21(27)16-4-3-11-26(13-16)32(29,30)14-17-5-8-18(23)12-20(17)24/h5-10,12,16H,2-4,11,13-14H2,1H3,(H,25,27). The van der Waals surface area contributed by atoms with Crippen LogP contribution in [-0.2, 0) is 25.3 Å². The third kappa shape index (κ3) is 6.22. The lowest BCUT2D eigenvalue weighted by molar-refractivity contribution is -0.120. The van der Waals surface area contributed by atoms with Gasteiger partial charge in [-0.2, -0.15) is 0 Å². The number of carbonyl (C=O) groups is 2. The van der Waals surface area contributed by atoms with Crippen LogP contribution in [0.4, 0.5) is 5.69 Å². The van der Waals surface area contributed by atoms with Crippen LogP contribution in [0.1, 0.15) is 35.7 Å². The molecule has 1 saturated heterocycles. The minimum Gasteiger partial charge on any atom is -0.462 e. The lowest BCUT2D eigenvalue weighted by Gasteiger charge is -2.31. The molecule has 0 spiro atoms. The smallest absolute Gasteiger partial charge is 0.338 e. The fourth-order valence-corrected chi connectivity index (χ4v) is 5.68. The van der Waals surface area contributed by atoms with Gasteiger partial charge < -0.3 is 10.1 Å². The van der Waals surface area contributed by atoms with Crippen molar-refractivity contribution in [2.75, 3.05) is 25.0 Å². The summed E-state index contributed by atoms with van der Waals surface area (Å²) in [7, 11) is -3.66. The Morgan fingerprint density at radius 1 is 1.16 bits per heavy atom. The van der Waals surface area contributed by atoms with E-state index in [0.717, 1.165) is 0 Å². The summed E-state index contributed by atoms with van der Waals surface area (Å²) in [5, 5.41) is 3.52. The molecule has 1 unspecified atom stereocenters. The maximum Gasteiger partial charge on any atom is 0.338 e. The third-order valence-electron chi connectivity index (χ3n) is 5.16. The molecule has 172 valence electrons. The fourth-order valence-electron chi connectivity index (χ4n) is 3.48. The first-order valence-corrected chi connectivity index (χ1v) is 12.6. The van der Waals surface area contributed by atoms with Crippen molar-refractivity contribution in [3.8, 4) is 0 Å². The van der Waals surface area contributed by atoms with Crippen molar-refractivity contribution < 1.29 is 22.7 Å². The summed E-state index contributed by atoms with van der Waals surface area (Å²) in [5.74, 6) is -1.44. The minimum atomic E-state index is -3.66. The number of nitrogens with zero attached hydrogens (tertiary/aromatic N) is 1. The summed E-state index contributed by atoms with van der Waals surface area (Å²) >= 11 is 12.0. The molecule has 7 nitrogen and oxygen atoms in total. The van der Waals surface area contributed by atoms with E-state index < -0.39 is 21.9 Å². The number of halogens is 2. The molecule has 1 fully saturated rings. The summed E-state index contributed by atoms with van der Waals surface area (Å²) in [4.78, 5) is 24.5. The molecule has 1 amide bonds. The Labute approximate surface area is 197 Å². The number of anilines is 1. The van der Waals surface area contributed by atoms with E-state index in [1.165, 1.54) is 10.4 Å². The Morgan fingerprint density at radius 3 is 2.53 bits per heavy atom. The van der Waals surface area contributed by atoms with Crippen LogP contribution < -0.4 is 5.32 Å². The van der Waals surface area contributed by atoms with E-state index in [4.69, 9.17) is 27.9 Å². The van der Waals surface area contributed by atoms with Crippen molar-refractivity contribution in [3.05, 3.63) is 63.6 Å². The Kier molecular flexibility index (Phi) is 8.16. The summed E-state index contributed by atoms with van der Waals surface area (Å²) in [6.07, 6.45) is 1.16. The average molecular weight is 499 g/mol. The number of amides is 1. The van der Waals surface area contributed by atoms with E-state index in [2.05, 4.69) is 5.32 Å². The van der Waals surface area contributed by atoms with E-state index in [9.17, 15) is 18.0 Å². The molecule has 32 heavy (non-hydrogen) atoms. The maximum absolute atomic E-state index is 12.9. The van der Waals surface area contributed by atoms with Crippen molar-refractivity contribution >= 4 is 50.8 Å². The largest absolute Gasteiger partial charge is 0.462 e. The monoisotopic (exact) mass is 498 g/mol. The van der Waals surface area contributed by atoms with Crippen LogP contribution in [0, 0.1) is 5.92 Å². The predicted octanol–water partition coefficient (Wildman–Crippen LogP) is 4.35. The number of ether oxygens (including phenoxy) is 1. The second-order valence-corrected chi connectivity index (χ2v) is 10.3. The number of rotatable bonds is 7. The van der Waals surface area contributed by atoms with Crippen LogP contribution in [0.15, 0.2) is 42.5 Å². The Balaban J connectivity index is 1.63. The number of nitrogens with one attached hydrogen (secondary N) is 1. The van der Waals surface area contributed by atoms with Gasteiger partial charge in [0.15, 0.2) is 0 Å². The molecule has 1 heterocycles. The van der Waals surface area contributed by atoms with Gasteiger partial charge in [0.2, 0.25) is 15.9 Å². The van der Waals surface area contributed by atoms with Gasteiger partial charge in [-0.25, -0.2) is 17.5 Å². The van der Waals surface area contributed by atoms with Crippen LogP contribution in [0.5, 0.6) is 0 Å². The van der Waals surface area contributed by atoms with Gasteiger partial charge >= 0.3 is 5.97 Å². The van der Waals surface area contributed by atoms with E-state index in [-0.39, 0.29) is 24.8 Å². The summed E-state index contributed by atoms with van der Waals surface area (Å²) in [6, 6.07) is 11.1. The molecular formula is C22H24Cl2N2O5S. The third-order valence-corrected chi connectivity index (χ3v) is 7.55. The molecule has 1 N–H and O–H groups in total. The number of carbonyl (C=O) groups excluding carboxylic acids is 2.